The number of aromatic nitrogens is 2. The number of aryl methyl sites for hydroxylation is 1. The number of hydrogen-bond acceptors (Lipinski definition) is 5. The summed E-state index contributed by atoms with van der Waals surface area (Å²) in [5, 5.41) is 3.62. The van der Waals surface area contributed by atoms with Crippen molar-refractivity contribution >= 4 is 23.2 Å². The van der Waals surface area contributed by atoms with Crippen LogP contribution in [0.3, 0.4) is 0 Å². The van der Waals surface area contributed by atoms with Crippen molar-refractivity contribution in [1.29, 1.82) is 0 Å². The lowest BCUT2D eigenvalue weighted by atomic mass is 10.2. The molecule has 0 radical (unpaired) electrons. The summed E-state index contributed by atoms with van der Waals surface area (Å²) in [6.07, 6.45) is 1.62. The third kappa shape index (κ3) is 3.94. The fraction of sp³-hybridized carbons (Fsp3) is 0.111. The molecule has 0 spiro atoms. The van der Waals surface area contributed by atoms with Crippen LogP contribution in [-0.2, 0) is 0 Å². The topological polar surface area (TPSA) is 56.3 Å². The van der Waals surface area contributed by atoms with Gasteiger partial charge in [0.1, 0.15) is 11.5 Å². The van der Waals surface area contributed by atoms with Crippen LogP contribution in [-0.4, -0.2) is 17.1 Å². The van der Waals surface area contributed by atoms with Gasteiger partial charge in [0.05, 0.1) is 12.1 Å². The van der Waals surface area contributed by atoms with E-state index < -0.39 is 0 Å². The van der Waals surface area contributed by atoms with Crippen LogP contribution >= 0.6 is 11.6 Å². The fourth-order valence-corrected chi connectivity index (χ4v) is 2.19. The summed E-state index contributed by atoms with van der Waals surface area (Å²) in [6, 6.07) is 14.8. The monoisotopic (exact) mass is 341 g/mol. The van der Waals surface area contributed by atoms with E-state index in [2.05, 4.69) is 15.3 Å². The Bertz CT molecular complexity index is 838. The second-order valence-corrected chi connectivity index (χ2v) is 5.52. The second-order valence-electron chi connectivity index (χ2n) is 5.11. The number of rotatable bonds is 5. The van der Waals surface area contributed by atoms with Crippen molar-refractivity contribution in [3.8, 4) is 17.4 Å². The van der Waals surface area contributed by atoms with Gasteiger partial charge in [-0.1, -0.05) is 29.3 Å². The first-order valence-corrected chi connectivity index (χ1v) is 7.70. The molecule has 0 amide bonds. The molecule has 0 aliphatic carbocycles. The minimum absolute atomic E-state index is 0.429. The van der Waals surface area contributed by atoms with Crippen LogP contribution in [0.4, 0.5) is 11.6 Å². The molecule has 6 heteroatoms. The number of ether oxygens (including phenoxy) is 2. The molecule has 0 atom stereocenters. The Labute approximate surface area is 145 Å². The van der Waals surface area contributed by atoms with Gasteiger partial charge in [0.15, 0.2) is 0 Å². The summed E-state index contributed by atoms with van der Waals surface area (Å²) >= 11 is 6.22. The first kappa shape index (κ1) is 16.1. The summed E-state index contributed by atoms with van der Waals surface area (Å²) in [4.78, 5) is 8.37. The average Bonchev–Trinajstić information content (AvgIpc) is 2.60. The number of anilines is 2. The average molecular weight is 342 g/mol. The van der Waals surface area contributed by atoms with Crippen LogP contribution in [0, 0.1) is 6.92 Å². The maximum atomic E-state index is 6.22. The highest BCUT2D eigenvalue weighted by molar-refractivity contribution is 6.32. The third-order valence-corrected chi connectivity index (χ3v) is 3.59. The minimum atomic E-state index is 0.429. The summed E-state index contributed by atoms with van der Waals surface area (Å²) in [6.45, 7) is 2.02. The fourth-order valence-electron chi connectivity index (χ4n) is 2.04. The lowest BCUT2D eigenvalue weighted by molar-refractivity contribution is 0.397. The van der Waals surface area contributed by atoms with Crippen LogP contribution in [0.25, 0.3) is 0 Å². The molecule has 5 nitrogen and oxygen atoms in total. The van der Waals surface area contributed by atoms with Gasteiger partial charge in [-0.25, -0.2) is 4.98 Å². The number of benzene rings is 2. The zero-order chi connectivity index (χ0) is 16.9. The van der Waals surface area contributed by atoms with E-state index in [0.717, 1.165) is 11.4 Å². The standard InChI is InChI=1S/C18H16ClN3O2/c1-12-3-6-14(7-4-12)24-16-11-13(5-8-15(16)19)21-18-20-10-9-17(22-18)23-2/h3-11H,1-2H3,(H,20,21,22). The largest absolute Gasteiger partial charge is 0.481 e. The van der Waals surface area contributed by atoms with Gasteiger partial charge in [-0.3, -0.25) is 0 Å². The van der Waals surface area contributed by atoms with E-state index in [4.69, 9.17) is 21.1 Å². The van der Waals surface area contributed by atoms with Gasteiger partial charge in [-0.05, 0) is 31.2 Å². The Morgan fingerprint density at radius 2 is 1.83 bits per heavy atom. The molecule has 3 rings (SSSR count). The lowest BCUT2D eigenvalue weighted by Crippen LogP contribution is -1.98. The van der Waals surface area contributed by atoms with Gasteiger partial charge in [-0.15, -0.1) is 0 Å². The van der Waals surface area contributed by atoms with E-state index in [1.54, 1.807) is 31.5 Å². The molecular weight excluding hydrogens is 326 g/mol. The molecule has 0 saturated carbocycles. The van der Waals surface area contributed by atoms with Gasteiger partial charge in [0.2, 0.25) is 11.8 Å². The van der Waals surface area contributed by atoms with Gasteiger partial charge < -0.3 is 14.8 Å². The second kappa shape index (κ2) is 7.19. The van der Waals surface area contributed by atoms with E-state index in [9.17, 15) is 0 Å². The first-order valence-electron chi connectivity index (χ1n) is 7.32. The van der Waals surface area contributed by atoms with Crippen molar-refractivity contribution in [3.63, 3.8) is 0 Å². The molecular formula is C18H16ClN3O2. The highest BCUT2D eigenvalue weighted by atomic mass is 35.5. The quantitative estimate of drug-likeness (QED) is 0.709. The maximum Gasteiger partial charge on any atom is 0.230 e. The van der Waals surface area contributed by atoms with Crippen molar-refractivity contribution < 1.29 is 9.47 Å². The van der Waals surface area contributed by atoms with Crippen LogP contribution < -0.4 is 14.8 Å². The van der Waals surface area contributed by atoms with Gasteiger partial charge in [-0.2, -0.15) is 4.98 Å². The van der Waals surface area contributed by atoms with E-state index >= 15 is 0 Å². The van der Waals surface area contributed by atoms with Crippen molar-refractivity contribution in [3.05, 3.63) is 65.3 Å². The van der Waals surface area contributed by atoms with Crippen LogP contribution in [0.15, 0.2) is 54.7 Å². The summed E-state index contributed by atoms with van der Waals surface area (Å²) < 4.78 is 10.9. The minimum Gasteiger partial charge on any atom is -0.481 e. The highest BCUT2D eigenvalue weighted by Gasteiger charge is 2.07. The molecule has 2 aromatic carbocycles. The van der Waals surface area contributed by atoms with Crippen molar-refractivity contribution in [1.82, 2.24) is 9.97 Å². The molecule has 3 aromatic rings. The van der Waals surface area contributed by atoms with Gasteiger partial charge in [0.25, 0.3) is 0 Å². The van der Waals surface area contributed by atoms with Gasteiger partial charge >= 0.3 is 0 Å². The van der Waals surface area contributed by atoms with Gasteiger partial charge in [0, 0.05) is 24.0 Å². The molecule has 0 fully saturated rings. The molecule has 0 saturated heterocycles. The zero-order valence-corrected chi connectivity index (χ0v) is 14.0. The van der Waals surface area contributed by atoms with Crippen molar-refractivity contribution in [2.45, 2.75) is 6.92 Å². The van der Waals surface area contributed by atoms with Crippen LogP contribution in [0.2, 0.25) is 5.02 Å². The molecule has 122 valence electrons. The molecule has 24 heavy (non-hydrogen) atoms. The van der Waals surface area contributed by atoms with Crippen LogP contribution in [0.5, 0.6) is 17.4 Å². The number of nitrogens with one attached hydrogen (secondary N) is 1. The molecule has 0 aliphatic rings. The predicted molar refractivity (Wildman–Crippen MR) is 94.6 cm³/mol. The van der Waals surface area contributed by atoms with E-state index in [1.807, 2.05) is 37.3 Å². The number of hydrogen-bond donors (Lipinski definition) is 1. The number of halogens is 1. The lowest BCUT2D eigenvalue weighted by Gasteiger charge is -2.11. The number of nitrogens with zero attached hydrogens (tertiary/aromatic N) is 2. The number of methoxy groups -OCH3 is 1. The molecule has 1 N–H and O–H groups in total. The molecule has 0 aliphatic heterocycles. The summed E-state index contributed by atoms with van der Waals surface area (Å²) in [5.41, 5.74) is 1.92. The first-order chi connectivity index (χ1) is 11.6. The molecule has 1 heterocycles. The van der Waals surface area contributed by atoms with Crippen molar-refractivity contribution in [2.75, 3.05) is 12.4 Å². The van der Waals surface area contributed by atoms with E-state index in [1.165, 1.54) is 5.56 Å². The summed E-state index contributed by atoms with van der Waals surface area (Å²) in [5.74, 6) is 2.18. The molecule has 0 bridgehead atoms. The molecule has 0 unspecified atom stereocenters. The maximum absolute atomic E-state index is 6.22. The van der Waals surface area contributed by atoms with Crippen LogP contribution in [0.1, 0.15) is 5.56 Å². The Morgan fingerprint density at radius 1 is 1.04 bits per heavy atom. The van der Waals surface area contributed by atoms with Crippen molar-refractivity contribution in [2.24, 2.45) is 0 Å². The Kier molecular flexibility index (Phi) is 4.82. The third-order valence-electron chi connectivity index (χ3n) is 3.28. The Morgan fingerprint density at radius 3 is 2.58 bits per heavy atom. The summed E-state index contributed by atoms with van der Waals surface area (Å²) in [7, 11) is 1.56. The zero-order valence-electron chi connectivity index (χ0n) is 13.3. The van der Waals surface area contributed by atoms with E-state index in [0.29, 0.717) is 22.6 Å². The Hall–Kier alpha value is -2.79. The molecule has 1 aromatic heterocycles. The SMILES string of the molecule is COc1ccnc(Nc2ccc(Cl)c(Oc3ccc(C)cc3)c2)n1. The highest BCUT2D eigenvalue weighted by Crippen LogP contribution is 2.32. The predicted octanol–water partition coefficient (Wildman–Crippen LogP) is 4.98. The van der Waals surface area contributed by atoms with E-state index in [-0.39, 0.29) is 0 Å². The smallest absolute Gasteiger partial charge is 0.230 e. The Balaban J connectivity index is 1.81. The normalized spacial score (nSPS) is 10.3.